The number of hydrogen-bond acceptors (Lipinski definition) is 4. The minimum absolute atomic E-state index is 0.0292. The lowest BCUT2D eigenvalue weighted by atomic mass is 9.85. The van der Waals surface area contributed by atoms with Crippen LogP contribution in [0.5, 0.6) is 5.75 Å². The van der Waals surface area contributed by atoms with E-state index >= 15 is 0 Å². The third-order valence-corrected chi connectivity index (χ3v) is 3.27. The summed E-state index contributed by atoms with van der Waals surface area (Å²) in [4.78, 5) is 28.0. The summed E-state index contributed by atoms with van der Waals surface area (Å²) in [5.41, 5.74) is 0.910. The van der Waals surface area contributed by atoms with E-state index in [2.05, 4.69) is 5.32 Å². The monoisotopic (exact) mass is 314 g/mol. The van der Waals surface area contributed by atoms with Crippen molar-refractivity contribution >= 4 is 11.6 Å². The molecule has 1 amide bonds. The molecule has 0 saturated heterocycles. The van der Waals surface area contributed by atoms with Gasteiger partial charge in [-0.1, -0.05) is 51.1 Å². The smallest absolute Gasteiger partial charge is 0.299 e. The molecule has 2 aromatic carbocycles. The fourth-order valence-corrected chi connectivity index (χ4v) is 2.20. The number of nitrogens with zero attached hydrogens (tertiary/aromatic N) is 1. The van der Waals surface area contributed by atoms with Gasteiger partial charge in [0.25, 0.3) is 11.0 Å². The maximum absolute atomic E-state index is 12.5. The molecule has 0 fully saturated rings. The predicted molar refractivity (Wildman–Crippen MR) is 87.2 cm³/mol. The van der Waals surface area contributed by atoms with Gasteiger partial charge in [-0.05, 0) is 29.2 Å². The van der Waals surface area contributed by atoms with Crippen LogP contribution >= 0.6 is 0 Å². The van der Waals surface area contributed by atoms with Gasteiger partial charge in [0.05, 0.1) is 5.56 Å². The van der Waals surface area contributed by atoms with E-state index in [1.54, 1.807) is 36.4 Å². The molecule has 0 aliphatic heterocycles. The number of benzene rings is 2. The van der Waals surface area contributed by atoms with Crippen molar-refractivity contribution < 1.29 is 14.7 Å². The Morgan fingerprint density at radius 1 is 1.09 bits per heavy atom. The Balaban J connectivity index is 2.44. The number of rotatable bonds is 4. The Labute approximate surface area is 134 Å². The van der Waals surface area contributed by atoms with Crippen LogP contribution in [0.25, 0.3) is 0 Å². The first-order valence-electron chi connectivity index (χ1n) is 7.11. The van der Waals surface area contributed by atoms with Crippen LogP contribution in [0.1, 0.15) is 36.7 Å². The molecular weight excluding hydrogens is 296 g/mol. The van der Waals surface area contributed by atoms with E-state index in [9.17, 15) is 14.9 Å². The molecule has 23 heavy (non-hydrogen) atoms. The van der Waals surface area contributed by atoms with E-state index in [0.717, 1.165) is 0 Å². The molecule has 0 unspecified atom stereocenters. The van der Waals surface area contributed by atoms with Gasteiger partial charge >= 0.3 is 0 Å². The highest BCUT2D eigenvalue weighted by molar-refractivity contribution is 6.06. The molecule has 0 aliphatic rings. The second kappa shape index (κ2) is 6.48. The summed E-state index contributed by atoms with van der Waals surface area (Å²) in [6.07, 6.45) is 0. The molecule has 2 aromatic rings. The SMILES string of the molecule is CC(C)(C)c1cccc(C(=O)Nc2ccccc2)c1O[N+](=O)[O-]. The van der Waals surface area contributed by atoms with Gasteiger partial charge in [-0.3, -0.25) is 9.63 Å². The van der Waals surface area contributed by atoms with Crippen molar-refractivity contribution in [2.45, 2.75) is 26.2 Å². The lowest BCUT2D eigenvalue weighted by Crippen LogP contribution is -2.20. The standard InChI is InChI=1S/C17H18N2O4/c1-17(2,3)14-11-7-10-13(15(14)23-19(21)22)16(20)18-12-8-5-4-6-9-12/h4-11H,1-3H3,(H,18,20). The van der Waals surface area contributed by atoms with Gasteiger partial charge < -0.3 is 5.32 Å². The van der Waals surface area contributed by atoms with E-state index in [4.69, 9.17) is 4.84 Å². The van der Waals surface area contributed by atoms with Crippen LogP contribution in [0.3, 0.4) is 0 Å². The van der Waals surface area contributed by atoms with E-state index in [1.807, 2.05) is 26.8 Å². The third-order valence-electron chi connectivity index (χ3n) is 3.27. The van der Waals surface area contributed by atoms with Gasteiger partial charge in [0, 0.05) is 5.69 Å². The highest BCUT2D eigenvalue weighted by Crippen LogP contribution is 2.34. The number of carbonyl (C=O) groups excluding carboxylic acids is 1. The van der Waals surface area contributed by atoms with Crippen LogP contribution in [0, 0.1) is 10.1 Å². The summed E-state index contributed by atoms with van der Waals surface area (Å²) in [6.45, 7) is 5.69. The molecule has 0 atom stereocenters. The van der Waals surface area contributed by atoms with E-state index in [1.165, 1.54) is 6.07 Å². The fraction of sp³-hybridized carbons (Fsp3) is 0.235. The first kappa shape index (κ1) is 16.5. The van der Waals surface area contributed by atoms with Gasteiger partial charge in [-0.15, -0.1) is 10.1 Å². The maximum atomic E-state index is 12.5. The predicted octanol–water partition coefficient (Wildman–Crippen LogP) is 3.81. The van der Waals surface area contributed by atoms with E-state index < -0.39 is 16.4 Å². The van der Waals surface area contributed by atoms with Crippen molar-refractivity contribution in [1.29, 1.82) is 0 Å². The molecule has 0 aliphatic carbocycles. The second-order valence-electron chi connectivity index (χ2n) is 6.07. The summed E-state index contributed by atoms with van der Waals surface area (Å²) in [6, 6.07) is 13.8. The van der Waals surface area contributed by atoms with Crippen molar-refractivity contribution in [2.24, 2.45) is 0 Å². The minimum atomic E-state index is -0.899. The Morgan fingerprint density at radius 2 is 1.74 bits per heavy atom. The number of hydrogen-bond donors (Lipinski definition) is 1. The Morgan fingerprint density at radius 3 is 2.30 bits per heavy atom. The third kappa shape index (κ3) is 4.06. The summed E-state index contributed by atoms with van der Waals surface area (Å²) >= 11 is 0. The average Bonchev–Trinajstić information content (AvgIpc) is 2.46. The number of anilines is 1. The van der Waals surface area contributed by atoms with Crippen molar-refractivity contribution in [3.63, 3.8) is 0 Å². The molecule has 6 heteroatoms. The number of para-hydroxylation sites is 2. The van der Waals surface area contributed by atoms with Crippen molar-refractivity contribution in [3.8, 4) is 5.75 Å². The van der Waals surface area contributed by atoms with Gasteiger partial charge in [-0.2, -0.15) is 0 Å². The average molecular weight is 314 g/mol. The first-order valence-corrected chi connectivity index (χ1v) is 7.11. The van der Waals surface area contributed by atoms with Gasteiger partial charge in [0.1, 0.15) is 5.75 Å². The van der Waals surface area contributed by atoms with Crippen molar-refractivity contribution in [2.75, 3.05) is 5.32 Å². The Kier molecular flexibility index (Phi) is 4.64. The zero-order chi connectivity index (χ0) is 17.0. The van der Waals surface area contributed by atoms with Gasteiger partial charge in [-0.25, -0.2) is 0 Å². The summed E-state index contributed by atoms with van der Waals surface area (Å²) < 4.78 is 0. The molecular formula is C17H18N2O4. The Bertz CT molecular complexity index is 721. The topological polar surface area (TPSA) is 81.5 Å². The van der Waals surface area contributed by atoms with Crippen LogP contribution in [-0.4, -0.2) is 11.0 Å². The second-order valence-corrected chi connectivity index (χ2v) is 6.07. The van der Waals surface area contributed by atoms with Crippen molar-refractivity contribution in [1.82, 2.24) is 0 Å². The fourth-order valence-electron chi connectivity index (χ4n) is 2.20. The molecule has 0 heterocycles. The molecule has 0 aromatic heterocycles. The van der Waals surface area contributed by atoms with Crippen LogP contribution < -0.4 is 10.2 Å². The highest BCUT2D eigenvalue weighted by Gasteiger charge is 2.25. The summed E-state index contributed by atoms with van der Waals surface area (Å²) in [7, 11) is 0. The quantitative estimate of drug-likeness (QED) is 0.687. The van der Waals surface area contributed by atoms with E-state index in [-0.39, 0.29) is 11.3 Å². The first-order chi connectivity index (χ1) is 10.8. The molecule has 0 radical (unpaired) electrons. The van der Waals surface area contributed by atoms with Crippen LogP contribution in [-0.2, 0) is 5.41 Å². The number of carbonyl (C=O) groups is 1. The van der Waals surface area contributed by atoms with Crippen LogP contribution in [0.4, 0.5) is 5.69 Å². The van der Waals surface area contributed by atoms with E-state index in [0.29, 0.717) is 11.3 Å². The molecule has 0 bridgehead atoms. The van der Waals surface area contributed by atoms with Gasteiger partial charge in [0.15, 0.2) is 0 Å². The zero-order valence-corrected chi connectivity index (χ0v) is 13.2. The number of nitrogens with one attached hydrogen (secondary N) is 1. The minimum Gasteiger partial charge on any atom is -0.322 e. The highest BCUT2D eigenvalue weighted by atomic mass is 17.0. The van der Waals surface area contributed by atoms with Crippen LogP contribution in [0.15, 0.2) is 48.5 Å². The lowest BCUT2D eigenvalue weighted by molar-refractivity contribution is -0.711. The lowest BCUT2D eigenvalue weighted by Gasteiger charge is -2.23. The summed E-state index contributed by atoms with van der Waals surface area (Å²) in [5, 5.41) is 12.6. The van der Waals surface area contributed by atoms with Crippen LogP contribution in [0.2, 0.25) is 0 Å². The molecule has 120 valence electrons. The molecule has 6 nitrogen and oxygen atoms in total. The number of amides is 1. The molecule has 0 spiro atoms. The summed E-state index contributed by atoms with van der Waals surface area (Å²) in [5.74, 6) is -0.488. The molecule has 2 rings (SSSR count). The largest absolute Gasteiger partial charge is 0.322 e. The van der Waals surface area contributed by atoms with Crippen molar-refractivity contribution in [3.05, 3.63) is 69.8 Å². The van der Waals surface area contributed by atoms with Gasteiger partial charge in [0.2, 0.25) is 0 Å². The Hall–Kier alpha value is -2.89. The maximum Gasteiger partial charge on any atom is 0.299 e. The normalized spacial score (nSPS) is 10.9. The molecule has 0 saturated carbocycles. The zero-order valence-electron chi connectivity index (χ0n) is 13.2. The molecule has 1 N–H and O–H groups in total.